The minimum atomic E-state index is -1.11. The zero-order chi connectivity index (χ0) is 18.7. The first-order valence-corrected chi connectivity index (χ1v) is 8.05. The Morgan fingerprint density at radius 2 is 1.96 bits per heavy atom. The van der Waals surface area contributed by atoms with Crippen LogP contribution < -0.4 is 16.6 Å². The molecule has 0 aliphatic rings. The normalized spacial score (nSPS) is 12.3. The minimum absolute atomic E-state index is 0.0990. The molecule has 0 saturated heterocycles. The molecule has 8 heteroatoms. The molecule has 2 aromatic rings. The van der Waals surface area contributed by atoms with E-state index in [0.717, 1.165) is 4.57 Å². The Labute approximate surface area is 143 Å². The van der Waals surface area contributed by atoms with Gasteiger partial charge in [0, 0.05) is 12.1 Å². The fourth-order valence-corrected chi connectivity index (χ4v) is 2.62. The SMILES string of the molecule is CCn1c(=O)[nH]c2cc(C(=O)NC(CC(C)C)C(=O)O)ccc2c1=O. The maximum absolute atomic E-state index is 12.3. The lowest BCUT2D eigenvalue weighted by Crippen LogP contribution is -2.41. The highest BCUT2D eigenvalue weighted by molar-refractivity contribution is 5.99. The fourth-order valence-electron chi connectivity index (χ4n) is 2.62. The van der Waals surface area contributed by atoms with Crippen molar-refractivity contribution < 1.29 is 14.7 Å². The summed E-state index contributed by atoms with van der Waals surface area (Å²) in [6.45, 7) is 5.65. The molecular weight excluding hydrogens is 326 g/mol. The van der Waals surface area contributed by atoms with E-state index < -0.39 is 29.2 Å². The first kappa shape index (κ1) is 18.4. The second-order valence-corrected chi connectivity index (χ2v) is 6.23. The van der Waals surface area contributed by atoms with Crippen LogP contribution in [0.5, 0.6) is 0 Å². The quantitative estimate of drug-likeness (QED) is 0.718. The second-order valence-electron chi connectivity index (χ2n) is 6.23. The molecule has 3 N–H and O–H groups in total. The number of aromatic amines is 1. The van der Waals surface area contributed by atoms with Gasteiger partial charge in [0.25, 0.3) is 11.5 Å². The molecule has 0 fully saturated rings. The maximum Gasteiger partial charge on any atom is 0.328 e. The van der Waals surface area contributed by atoms with Gasteiger partial charge in [-0.15, -0.1) is 0 Å². The van der Waals surface area contributed by atoms with Gasteiger partial charge in [-0.25, -0.2) is 9.59 Å². The van der Waals surface area contributed by atoms with Gasteiger partial charge >= 0.3 is 11.7 Å². The van der Waals surface area contributed by atoms with E-state index in [1.807, 2.05) is 13.8 Å². The Kier molecular flexibility index (Phi) is 5.41. The number of carboxylic acid groups (broad SMARTS) is 1. The summed E-state index contributed by atoms with van der Waals surface area (Å²) in [6.07, 6.45) is 0.298. The number of carbonyl (C=O) groups excluding carboxylic acids is 1. The third-order valence-corrected chi connectivity index (χ3v) is 3.87. The molecule has 0 saturated carbocycles. The summed E-state index contributed by atoms with van der Waals surface area (Å²) in [5.74, 6) is -1.58. The van der Waals surface area contributed by atoms with E-state index in [0.29, 0.717) is 6.42 Å². The van der Waals surface area contributed by atoms with E-state index in [4.69, 9.17) is 0 Å². The number of carbonyl (C=O) groups is 2. The lowest BCUT2D eigenvalue weighted by atomic mass is 10.0. The van der Waals surface area contributed by atoms with Gasteiger partial charge in [0.2, 0.25) is 0 Å². The van der Waals surface area contributed by atoms with Gasteiger partial charge in [0.05, 0.1) is 10.9 Å². The number of aromatic nitrogens is 2. The van der Waals surface area contributed by atoms with Crippen molar-refractivity contribution in [3.63, 3.8) is 0 Å². The molecule has 1 heterocycles. The van der Waals surface area contributed by atoms with Gasteiger partial charge in [0.15, 0.2) is 0 Å². The number of hydrogen-bond acceptors (Lipinski definition) is 4. The fraction of sp³-hybridized carbons (Fsp3) is 0.412. The number of H-pyrrole nitrogens is 1. The number of fused-ring (bicyclic) bond motifs is 1. The monoisotopic (exact) mass is 347 g/mol. The van der Waals surface area contributed by atoms with Crippen molar-refractivity contribution in [1.82, 2.24) is 14.9 Å². The van der Waals surface area contributed by atoms with Gasteiger partial charge in [-0.05, 0) is 37.5 Å². The van der Waals surface area contributed by atoms with Gasteiger partial charge < -0.3 is 15.4 Å². The van der Waals surface area contributed by atoms with Gasteiger partial charge in [0.1, 0.15) is 6.04 Å². The molecule has 0 radical (unpaired) electrons. The second kappa shape index (κ2) is 7.33. The van der Waals surface area contributed by atoms with Crippen LogP contribution in [0.25, 0.3) is 10.9 Å². The number of hydrogen-bond donors (Lipinski definition) is 3. The van der Waals surface area contributed by atoms with Crippen LogP contribution in [0, 0.1) is 5.92 Å². The van der Waals surface area contributed by atoms with Crippen LogP contribution in [0.4, 0.5) is 0 Å². The van der Waals surface area contributed by atoms with E-state index >= 15 is 0 Å². The molecule has 1 aromatic carbocycles. The van der Waals surface area contributed by atoms with E-state index in [1.54, 1.807) is 6.92 Å². The number of nitrogens with zero attached hydrogens (tertiary/aromatic N) is 1. The molecule has 8 nitrogen and oxygen atoms in total. The Morgan fingerprint density at radius 3 is 2.52 bits per heavy atom. The summed E-state index contributed by atoms with van der Waals surface area (Å²) >= 11 is 0. The number of nitrogens with one attached hydrogen (secondary N) is 2. The van der Waals surface area contributed by atoms with Gasteiger partial charge in [-0.3, -0.25) is 14.2 Å². The van der Waals surface area contributed by atoms with Crippen molar-refractivity contribution in [2.24, 2.45) is 5.92 Å². The maximum atomic E-state index is 12.3. The first-order chi connectivity index (χ1) is 11.7. The van der Waals surface area contributed by atoms with Crippen LogP contribution in [0.15, 0.2) is 27.8 Å². The van der Waals surface area contributed by atoms with Crippen molar-refractivity contribution >= 4 is 22.8 Å². The third-order valence-electron chi connectivity index (χ3n) is 3.87. The molecular formula is C17H21N3O5. The highest BCUT2D eigenvalue weighted by atomic mass is 16.4. The van der Waals surface area contributed by atoms with Crippen molar-refractivity contribution in [2.45, 2.75) is 39.8 Å². The van der Waals surface area contributed by atoms with Gasteiger partial charge in [-0.2, -0.15) is 0 Å². The Bertz CT molecular complexity index is 926. The molecule has 1 aromatic heterocycles. The smallest absolute Gasteiger partial charge is 0.328 e. The number of benzene rings is 1. The molecule has 0 aliphatic heterocycles. The van der Waals surface area contributed by atoms with Crippen LogP contribution in [-0.2, 0) is 11.3 Å². The van der Waals surface area contributed by atoms with Crippen molar-refractivity contribution in [3.05, 3.63) is 44.6 Å². The molecule has 0 aliphatic carbocycles. The van der Waals surface area contributed by atoms with E-state index in [9.17, 15) is 24.3 Å². The van der Waals surface area contributed by atoms with E-state index in [-0.39, 0.29) is 28.9 Å². The summed E-state index contributed by atoms with van der Waals surface area (Å²) < 4.78 is 1.06. The summed E-state index contributed by atoms with van der Waals surface area (Å²) in [4.78, 5) is 50.3. The topological polar surface area (TPSA) is 121 Å². The largest absolute Gasteiger partial charge is 0.480 e. The Morgan fingerprint density at radius 1 is 1.28 bits per heavy atom. The molecule has 2 rings (SSSR count). The molecule has 1 unspecified atom stereocenters. The lowest BCUT2D eigenvalue weighted by Gasteiger charge is -2.16. The zero-order valence-corrected chi connectivity index (χ0v) is 14.3. The van der Waals surface area contributed by atoms with Crippen LogP contribution in [0.2, 0.25) is 0 Å². The van der Waals surface area contributed by atoms with Gasteiger partial charge in [-0.1, -0.05) is 13.8 Å². The summed E-state index contributed by atoms with van der Waals surface area (Å²) in [5, 5.41) is 12.0. The highest BCUT2D eigenvalue weighted by Gasteiger charge is 2.22. The van der Waals surface area contributed by atoms with Crippen molar-refractivity contribution in [3.8, 4) is 0 Å². The standard InChI is InChI=1S/C17H21N3O5/c1-4-20-15(22)11-6-5-10(8-12(11)19-17(20)25)14(21)18-13(16(23)24)7-9(2)3/h5-6,8-9,13H,4,7H2,1-3H3,(H,18,21)(H,19,25)(H,23,24). The predicted octanol–water partition coefficient (Wildman–Crippen LogP) is 0.939. The molecule has 0 spiro atoms. The van der Waals surface area contributed by atoms with Crippen LogP contribution in [-0.4, -0.2) is 32.6 Å². The summed E-state index contributed by atoms with van der Waals surface area (Å²) in [7, 11) is 0. The van der Waals surface area contributed by atoms with Crippen molar-refractivity contribution in [2.75, 3.05) is 0 Å². The third kappa shape index (κ3) is 3.96. The average Bonchev–Trinajstić information content (AvgIpc) is 2.53. The number of amides is 1. The zero-order valence-electron chi connectivity index (χ0n) is 14.3. The van der Waals surface area contributed by atoms with Crippen LogP contribution >= 0.6 is 0 Å². The summed E-state index contributed by atoms with van der Waals surface area (Å²) in [5.41, 5.74) is -0.577. The van der Waals surface area contributed by atoms with E-state index in [1.165, 1.54) is 18.2 Å². The predicted molar refractivity (Wildman–Crippen MR) is 92.8 cm³/mol. The number of carboxylic acids is 1. The Balaban J connectivity index is 2.38. The number of aliphatic carboxylic acids is 1. The lowest BCUT2D eigenvalue weighted by molar-refractivity contribution is -0.139. The molecule has 134 valence electrons. The minimum Gasteiger partial charge on any atom is -0.480 e. The molecule has 1 atom stereocenters. The molecule has 25 heavy (non-hydrogen) atoms. The molecule has 1 amide bonds. The highest BCUT2D eigenvalue weighted by Crippen LogP contribution is 2.11. The van der Waals surface area contributed by atoms with Crippen LogP contribution in [0.3, 0.4) is 0 Å². The number of rotatable bonds is 6. The summed E-state index contributed by atoms with van der Waals surface area (Å²) in [6, 6.07) is 3.26. The Hall–Kier alpha value is -2.90. The van der Waals surface area contributed by atoms with Crippen LogP contribution in [0.1, 0.15) is 37.6 Å². The van der Waals surface area contributed by atoms with Crippen molar-refractivity contribution in [1.29, 1.82) is 0 Å². The average molecular weight is 347 g/mol. The first-order valence-electron chi connectivity index (χ1n) is 8.05. The van der Waals surface area contributed by atoms with E-state index in [2.05, 4.69) is 10.3 Å². The molecule has 0 bridgehead atoms.